The summed E-state index contributed by atoms with van der Waals surface area (Å²) in [7, 11) is 0. The van der Waals surface area contributed by atoms with E-state index in [2.05, 4.69) is 55.9 Å². The van der Waals surface area contributed by atoms with Gasteiger partial charge in [-0.15, -0.1) is 0 Å². The molecule has 0 bridgehead atoms. The van der Waals surface area contributed by atoms with Crippen molar-refractivity contribution in [2.45, 2.75) is 53.1 Å². The number of nitrogens with one attached hydrogen (secondary N) is 1. The number of aromatic nitrogens is 1. The number of nitrogens with zero attached hydrogens (tertiary/aromatic N) is 2. The van der Waals surface area contributed by atoms with Gasteiger partial charge in [-0.25, -0.2) is 0 Å². The second-order valence-electron chi connectivity index (χ2n) is 7.46. The molecule has 1 fully saturated rings. The summed E-state index contributed by atoms with van der Waals surface area (Å²) in [5, 5.41) is 3.59. The van der Waals surface area contributed by atoms with Crippen LogP contribution in [0.2, 0.25) is 0 Å². The normalized spacial score (nSPS) is 23.9. The average molecular weight is 275 g/mol. The zero-order chi connectivity index (χ0) is 14.8. The molecule has 2 rings (SSSR count). The fourth-order valence-electron chi connectivity index (χ4n) is 3.07. The summed E-state index contributed by atoms with van der Waals surface area (Å²) in [6.45, 7) is 14.5. The van der Waals surface area contributed by atoms with Crippen LogP contribution in [0.15, 0.2) is 18.5 Å². The zero-order valence-corrected chi connectivity index (χ0v) is 13.6. The molecule has 1 aromatic heterocycles. The molecule has 3 heteroatoms. The quantitative estimate of drug-likeness (QED) is 0.916. The van der Waals surface area contributed by atoms with Crippen molar-refractivity contribution in [1.29, 1.82) is 0 Å². The summed E-state index contributed by atoms with van der Waals surface area (Å²) in [5.74, 6) is 1.53. The van der Waals surface area contributed by atoms with E-state index in [1.807, 2.05) is 12.4 Å². The number of anilines is 1. The molecule has 2 atom stereocenters. The Morgan fingerprint density at radius 3 is 2.50 bits per heavy atom. The zero-order valence-electron chi connectivity index (χ0n) is 13.6. The van der Waals surface area contributed by atoms with Crippen LogP contribution in [0.25, 0.3) is 0 Å². The molecular formula is C17H29N3. The van der Waals surface area contributed by atoms with E-state index in [4.69, 9.17) is 0 Å². The molecule has 1 N–H and O–H groups in total. The minimum atomic E-state index is 0.142. The van der Waals surface area contributed by atoms with Crippen LogP contribution in [0.5, 0.6) is 0 Å². The minimum Gasteiger partial charge on any atom is -0.369 e. The maximum absolute atomic E-state index is 4.35. The molecular weight excluding hydrogens is 246 g/mol. The molecule has 1 aromatic rings. The molecule has 0 radical (unpaired) electrons. The third-order valence-electron chi connectivity index (χ3n) is 3.91. The molecule has 20 heavy (non-hydrogen) atoms. The molecule has 3 nitrogen and oxygen atoms in total. The highest BCUT2D eigenvalue weighted by Gasteiger charge is 2.23. The second kappa shape index (κ2) is 6.13. The Hall–Kier alpha value is -1.09. The fraction of sp³-hybridized carbons (Fsp3) is 0.706. The summed E-state index contributed by atoms with van der Waals surface area (Å²) >= 11 is 0. The number of hydrogen-bond donors (Lipinski definition) is 1. The van der Waals surface area contributed by atoms with Gasteiger partial charge in [-0.1, -0.05) is 13.8 Å². The van der Waals surface area contributed by atoms with E-state index in [0.29, 0.717) is 0 Å². The van der Waals surface area contributed by atoms with E-state index < -0.39 is 0 Å². The lowest BCUT2D eigenvalue weighted by molar-refractivity contribution is 0.355. The molecule has 2 unspecified atom stereocenters. The molecule has 112 valence electrons. The number of rotatable bonds is 3. The Balaban J connectivity index is 2.14. The first-order valence-corrected chi connectivity index (χ1v) is 7.78. The van der Waals surface area contributed by atoms with Crippen LogP contribution < -0.4 is 10.2 Å². The number of hydrogen-bond acceptors (Lipinski definition) is 3. The van der Waals surface area contributed by atoms with E-state index >= 15 is 0 Å². The highest BCUT2D eigenvalue weighted by atomic mass is 15.2. The largest absolute Gasteiger partial charge is 0.369 e. The molecule has 0 amide bonds. The van der Waals surface area contributed by atoms with E-state index in [9.17, 15) is 0 Å². The number of piperidine rings is 1. The summed E-state index contributed by atoms with van der Waals surface area (Å²) in [5.41, 5.74) is 2.81. The summed E-state index contributed by atoms with van der Waals surface area (Å²) in [6, 6.07) is 2.15. The maximum atomic E-state index is 4.35. The lowest BCUT2D eigenvalue weighted by atomic mass is 9.91. The van der Waals surface area contributed by atoms with Crippen LogP contribution in [-0.2, 0) is 6.54 Å². The Bertz CT molecular complexity index is 426. The summed E-state index contributed by atoms with van der Waals surface area (Å²) in [4.78, 5) is 6.86. The number of pyridine rings is 1. The van der Waals surface area contributed by atoms with Gasteiger partial charge in [0.2, 0.25) is 0 Å². The summed E-state index contributed by atoms with van der Waals surface area (Å²) in [6.07, 6.45) is 5.27. The summed E-state index contributed by atoms with van der Waals surface area (Å²) < 4.78 is 0. The molecule has 1 aliphatic heterocycles. The van der Waals surface area contributed by atoms with Crippen molar-refractivity contribution in [3.63, 3.8) is 0 Å². The van der Waals surface area contributed by atoms with Crippen molar-refractivity contribution in [2.24, 2.45) is 11.8 Å². The predicted octanol–water partition coefficient (Wildman–Crippen LogP) is 3.45. The van der Waals surface area contributed by atoms with Gasteiger partial charge in [-0.05, 0) is 50.7 Å². The molecule has 0 aliphatic carbocycles. The highest BCUT2D eigenvalue weighted by molar-refractivity contribution is 5.52. The molecule has 0 saturated carbocycles. The van der Waals surface area contributed by atoms with Crippen LogP contribution in [0, 0.1) is 11.8 Å². The van der Waals surface area contributed by atoms with E-state index in [-0.39, 0.29) is 5.54 Å². The van der Waals surface area contributed by atoms with E-state index in [1.54, 1.807) is 0 Å². The fourth-order valence-corrected chi connectivity index (χ4v) is 3.07. The van der Waals surface area contributed by atoms with Crippen LogP contribution in [-0.4, -0.2) is 23.6 Å². The van der Waals surface area contributed by atoms with Gasteiger partial charge in [0.05, 0.1) is 11.9 Å². The predicted molar refractivity (Wildman–Crippen MR) is 86.0 cm³/mol. The van der Waals surface area contributed by atoms with Crippen molar-refractivity contribution in [1.82, 2.24) is 10.3 Å². The first-order chi connectivity index (χ1) is 9.35. The molecule has 1 aliphatic rings. The first-order valence-electron chi connectivity index (χ1n) is 7.78. The lowest BCUT2D eigenvalue weighted by Crippen LogP contribution is -2.40. The first kappa shape index (κ1) is 15.3. The lowest BCUT2D eigenvalue weighted by Gasteiger charge is -2.37. The van der Waals surface area contributed by atoms with Gasteiger partial charge in [0.15, 0.2) is 0 Å². The van der Waals surface area contributed by atoms with Gasteiger partial charge in [0, 0.05) is 31.4 Å². The van der Waals surface area contributed by atoms with Crippen LogP contribution in [0.4, 0.5) is 5.69 Å². The van der Waals surface area contributed by atoms with E-state index in [0.717, 1.165) is 31.5 Å². The van der Waals surface area contributed by atoms with Gasteiger partial charge in [0.1, 0.15) is 0 Å². The minimum absolute atomic E-state index is 0.142. The van der Waals surface area contributed by atoms with Crippen molar-refractivity contribution < 1.29 is 0 Å². The molecule has 0 spiro atoms. The van der Waals surface area contributed by atoms with Crippen molar-refractivity contribution in [3.05, 3.63) is 24.0 Å². The van der Waals surface area contributed by atoms with Gasteiger partial charge >= 0.3 is 0 Å². The third-order valence-corrected chi connectivity index (χ3v) is 3.91. The monoisotopic (exact) mass is 275 g/mol. The molecule has 1 saturated heterocycles. The van der Waals surface area contributed by atoms with Crippen molar-refractivity contribution >= 4 is 5.69 Å². The van der Waals surface area contributed by atoms with Crippen molar-refractivity contribution in [2.75, 3.05) is 18.0 Å². The Morgan fingerprint density at radius 1 is 1.25 bits per heavy atom. The Labute approximate surface area is 123 Å². The Morgan fingerprint density at radius 2 is 1.90 bits per heavy atom. The van der Waals surface area contributed by atoms with Crippen LogP contribution in [0.1, 0.15) is 46.6 Å². The van der Waals surface area contributed by atoms with Gasteiger partial charge in [-0.3, -0.25) is 4.98 Å². The molecule has 2 heterocycles. The van der Waals surface area contributed by atoms with Gasteiger partial charge in [-0.2, -0.15) is 0 Å². The molecule has 0 aromatic carbocycles. The standard InChI is InChI=1S/C17H29N3/c1-13-8-14(2)12-20(11-13)16-10-18-7-6-15(16)9-19-17(3,4)5/h6-7,10,13-14,19H,8-9,11-12H2,1-5H3. The van der Waals surface area contributed by atoms with Crippen LogP contribution in [0.3, 0.4) is 0 Å². The van der Waals surface area contributed by atoms with Gasteiger partial charge in [0.25, 0.3) is 0 Å². The van der Waals surface area contributed by atoms with Crippen LogP contribution >= 0.6 is 0 Å². The SMILES string of the molecule is CC1CC(C)CN(c2cnccc2CNC(C)(C)C)C1. The topological polar surface area (TPSA) is 28.2 Å². The maximum Gasteiger partial charge on any atom is 0.0598 e. The highest BCUT2D eigenvalue weighted by Crippen LogP contribution is 2.28. The smallest absolute Gasteiger partial charge is 0.0598 e. The van der Waals surface area contributed by atoms with Crippen molar-refractivity contribution in [3.8, 4) is 0 Å². The Kier molecular flexibility index (Phi) is 4.69. The average Bonchev–Trinajstić information content (AvgIpc) is 2.34. The van der Waals surface area contributed by atoms with E-state index in [1.165, 1.54) is 17.7 Å². The van der Waals surface area contributed by atoms with Gasteiger partial charge < -0.3 is 10.2 Å². The third kappa shape index (κ3) is 4.20. The second-order valence-corrected chi connectivity index (χ2v) is 7.46.